The predicted molar refractivity (Wildman–Crippen MR) is 78.8 cm³/mol. The molecule has 2 rings (SSSR count). The third kappa shape index (κ3) is 2.53. The second-order valence-electron chi connectivity index (χ2n) is 4.27. The largest absolute Gasteiger partial charge is 0.504 e. The number of nitrogens with zero attached hydrogens (tertiary/aromatic N) is 1. The number of aldehydes is 1. The summed E-state index contributed by atoms with van der Waals surface area (Å²) in [5.74, 6) is -1.48. The predicted octanol–water partition coefficient (Wildman–Crippen LogP) is 3.15. The number of hydrogen-bond acceptors (Lipinski definition) is 6. The van der Waals surface area contributed by atoms with Crippen LogP contribution >= 0.6 is 11.6 Å². The minimum atomic E-state index is -0.723. The van der Waals surface area contributed by atoms with Crippen molar-refractivity contribution in [1.82, 2.24) is 0 Å². The van der Waals surface area contributed by atoms with Crippen molar-refractivity contribution < 1.29 is 24.7 Å². The van der Waals surface area contributed by atoms with Crippen LogP contribution in [-0.4, -0.2) is 28.5 Å². The quantitative estimate of drug-likeness (QED) is 0.387. The van der Waals surface area contributed by atoms with Gasteiger partial charge in [-0.3, -0.25) is 14.9 Å². The molecule has 7 nitrogen and oxygen atoms in total. The summed E-state index contributed by atoms with van der Waals surface area (Å²) >= 11 is 5.86. The van der Waals surface area contributed by atoms with Crippen LogP contribution in [0.1, 0.15) is 10.4 Å². The molecule has 0 atom stereocenters. The standard InChI is InChI=1S/C14H10ClNO6/c1-22-12-5-8(10(6-17)13(18)14(12)19)9-4-7(15)2-3-11(9)16(20)21/h2-6,18-19H,1H3. The van der Waals surface area contributed by atoms with Gasteiger partial charge in [0.15, 0.2) is 17.8 Å². The van der Waals surface area contributed by atoms with Crippen LogP contribution in [0.3, 0.4) is 0 Å². The smallest absolute Gasteiger partial charge is 0.277 e. The van der Waals surface area contributed by atoms with Crippen molar-refractivity contribution in [3.8, 4) is 28.4 Å². The second kappa shape index (κ2) is 5.90. The maximum Gasteiger partial charge on any atom is 0.277 e. The number of carbonyl (C=O) groups is 1. The number of nitro groups is 1. The van der Waals surface area contributed by atoms with E-state index in [4.69, 9.17) is 16.3 Å². The maximum atomic E-state index is 11.2. The van der Waals surface area contributed by atoms with Crippen LogP contribution in [0.4, 0.5) is 5.69 Å². The van der Waals surface area contributed by atoms with E-state index < -0.39 is 16.4 Å². The first-order valence-corrected chi connectivity index (χ1v) is 6.31. The lowest BCUT2D eigenvalue weighted by Gasteiger charge is -2.12. The van der Waals surface area contributed by atoms with Crippen LogP contribution < -0.4 is 4.74 Å². The van der Waals surface area contributed by atoms with E-state index >= 15 is 0 Å². The highest BCUT2D eigenvalue weighted by atomic mass is 35.5. The van der Waals surface area contributed by atoms with Crippen molar-refractivity contribution in [2.24, 2.45) is 0 Å². The number of nitro benzene ring substituents is 1. The van der Waals surface area contributed by atoms with Gasteiger partial charge in [-0.15, -0.1) is 0 Å². The Balaban J connectivity index is 2.88. The molecule has 0 aliphatic rings. The first-order chi connectivity index (χ1) is 10.4. The molecule has 2 aromatic rings. The molecule has 0 unspecified atom stereocenters. The van der Waals surface area contributed by atoms with Crippen LogP contribution in [0.15, 0.2) is 24.3 Å². The Bertz CT molecular complexity index is 774. The summed E-state index contributed by atoms with van der Waals surface area (Å²) in [7, 11) is 1.24. The zero-order valence-electron chi connectivity index (χ0n) is 11.2. The fourth-order valence-electron chi connectivity index (χ4n) is 2.03. The normalized spacial score (nSPS) is 10.3. The van der Waals surface area contributed by atoms with E-state index in [0.29, 0.717) is 0 Å². The van der Waals surface area contributed by atoms with Gasteiger partial charge in [0.2, 0.25) is 5.75 Å². The topological polar surface area (TPSA) is 110 Å². The summed E-state index contributed by atoms with van der Waals surface area (Å²) in [6, 6.07) is 5.03. The number of aromatic hydroxyl groups is 2. The zero-order chi connectivity index (χ0) is 16.4. The molecule has 0 aliphatic heterocycles. The van der Waals surface area contributed by atoms with Crippen molar-refractivity contribution in [3.05, 3.63) is 45.0 Å². The molecule has 0 fully saturated rings. The van der Waals surface area contributed by atoms with Crippen LogP contribution in [0, 0.1) is 10.1 Å². The highest BCUT2D eigenvalue weighted by Gasteiger charge is 2.24. The molecule has 2 N–H and O–H groups in total. The van der Waals surface area contributed by atoms with Crippen LogP contribution in [0.2, 0.25) is 5.02 Å². The molecule has 0 heterocycles. The fourth-order valence-corrected chi connectivity index (χ4v) is 2.20. The van der Waals surface area contributed by atoms with Gasteiger partial charge in [0.05, 0.1) is 23.2 Å². The van der Waals surface area contributed by atoms with Gasteiger partial charge in [-0.2, -0.15) is 0 Å². The Kier molecular flexibility index (Phi) is 4.18. The number of rotatable bonds is 4. The lowest BCUT2D eigenvalue weighted by molar-refractivity contribution is -0.384. The number of ether oxygens (including phenoxy) is 1. The van der Waals surface area contributed by atoms with E-state index in [1.54, 1.807) is 0 Å². The van der Waals surface area contributed by atoms with Gasteiger partial charge in [0.25, 0.3) is 5.69 Å². The Hall–Kier alpha value is -2.80. The molecule has 0 saturated heterocycles. The summed E-state index contributed by atoms with van der Waals surface area (Å²) in [4.78, 5) is 21.7. The Morgan fingerprint density at radius 1 is 1.23 bits per heavy atom. The number of hydrogen-bond donors (Lipinski definition) is 2. The third-order valence-electron chi connectivity index (χ3n) is 3.06. The highest BCUT2D eigenvalue weighted by Crippen LogP contribution is 2.45. The summed E-state index contributed by atoms with van der Waals surface area (Å²) in [5, 5.41) is 31.0. The molecule has 0 spiro atoms. The molecule has 0 saturated carbocycles. The van der Waals surface area contributed by atoms with Gasteiger partial charge in [-0.05, 0) is 18.2 Å². The second-order valence-corrected chi connectivity index (χ2v) is 4.71. The van der Waals surface area contributed by atoms with Crippen LogP contribution in [-0.2, 0) is 0 Å². The monoisotopic (exact) mass is 323 g/mol. The number of phenolic OH excluding ortho intramolecular Hbond substituents is 2. The molecule has 114 valence electrons. The summed E-state index contributed by atoms with van der Waals surface area (Å²) < 4.78 is 4.89. The lowest BCUT2D eigenvalue weighted by atomic mass is 9.97. The van der Waals surface area contributed by atoms with E-state index in [0.717, 1.165) is 0 Å². The molecule has 0 amide bonds. The average molecular weight is 324 g/mol. The van der Waals surface area contributed by atoms with E-state index in [9.17, 15) is 25.1 Å². The number of methoxy groups -OCH3 is 1. The van der Waals surface area contributed by atoms with Crippen molar-refractivity contribution in [2.45, 2.75) is 0 Å². The van der Waals surface area contributed by atoms with E-state index in [1.165, 1.54) is 31.4 Å². The van der Waals surface area contributed by atoms with Crippen LogP contribution in [0.5, 0.6) is 17.2 Å². The third-order valence-corrected chi connectivity index (χ3v) is 3.30. The number of benzene rings is 2. The average Bonchev–Trinajstić information content (AvgIpc) is 2.49. The molecule has 2 aromatic carbocycles. The zero-order valence-corrected chi connectivity index (χ0v) is 12.0. The van der Waals surface area contributed by atoms with Crippen LogP contribution in [0.25, 0.3) is 11.1 Å². The Morgan fingerprint density at radius 2 is 1.91 bits per heavy atom. The molecule has 0 aromatic heterocycles. The van der Waals surface area contributed by atoms with Gasteiger partial charge in [0, 0.05) is 16.7 Å². The number of halogens is 1. The maximum absolute atomic E-state index is 11.2. The first-order valence-electron chi connectivity index (χ1n) is 5.93. The van der Waals surface area contributed by atoms with Gasteiger partial charge in [-0.25, -0.2) is 0 Å². The Labute approximate surface area is 129 Å². The summed E-state index contributed by atoms with van der Waals surface area (Å²) in [6.07, 6.45) is 0.286. The fraction of sp³-hybridized carbons (Fsp3) is 0.0714. The highest BCUT2D eigenvalue weighted by molar-refractivity contribution is 6.31. The SMILES string of the molecule is COc1cc(-c2cc(Cl)ccc2[N+](=O)[O-])c(C=O)c(O)c1O. The molecule has 0 bridgehead atoms. The van der Waals surface area contributed by atoms with E-state index in [-0.39, 0.29) is 39.4 Å². The van der Waals surface area contributed by atoms with Crippen molar-refractivity contribution in [1.29, 1.82) is 0 Å². The van der Waals surface area contributed by atoms with Gasteiger partial charge in [-0.1, -0.05) is 11.6 Å². The first kappa shape index (κ1) is 15.6. The number of carbonyl (C=O) groups excluding carboxylic acids is 1. The Morgan fingerprint density at radius 3 is 2.45 bits per heavy atom. The molecular formula is C14H10ClNO6. The van der Waals surface area contributed by atoms with E-state index in [1.807, 2.05) is 0 Å². The summed E-state index contributed by atoms with van der Waals surface area (Å²) in [5.41, 5.74) is -0.562. The molecule has 22 heavy (non-hydrogen) atoms. The molecular weight excluding hydrogens is 314 g/mol. The summed E-state index contributed by atoms with van der Waals surface area (Å²) in [6.45, 7) is 0. The van der Waals surface area contributed by atoms with E-state index in [2.05, 4.69) is 0 Å². The van der Waals surface area contributed by atoms with Crippen molar-refractivity contribution in [2.75, 3.05) is 7.11 Å². The lowest BCUT2D eigenvalue weighted by Crippen LogP contribution is -1.97. The van der Waals surface area contributed by atoms with Gasteiger partial charge < -0.3 is 14.9 Å². The minimum Gasteiger partial charge on any atom is -0.504 e. The van der Waals surface area contributed by atoms with Crippen molar-refractivity contribution in [3.63, 3.8) is 0 Å². The van der Waals surface area contributed by atoms with Gasteiger partial charge in [0.1, 0.15) is 0 Å². The van der Waals surface area contributed by atoms with Gasteiger partial charge >= 0.3 is 0 Å². The minimum absolute atomic E-state index is 0.0215. The molecule has 8 heteroatoms. The van der Waals surface area contributed by atoms with Crippen molar-refractivity contribution >= 4 is 23.6 Å². The molecule has 0 aliphatic carbocycles. The number of phenols is 2. The molecule has 0 radical (unpaired) electrons.